The number of thiocarbonyl (C=S) groups is 1. The second kappa shape index (κ2) is 12.7. The molecule has 4 rings (SSSR count). The van der Waals surface area contributed by atoms with Gasteiger partial charge in [0.2, 0.25) is 11.8 Å². The van der Waals surface area contributed by atoms with Crippen molar-refractivity contribution in [1.29, 1.82) is 0 Å². The molecule has 1 aromatic heterocycles. The van der Waals surface area contributed by atoms with Crippen molar-refractivity contribution in [2.45, 2.75) is 24.9 Å². The van der Waals surface area contributed by atoms with Crippen molar-refractivity contribution < 1.29 is 14.4 Å². The fraction of sp³-hybridized carbons (Fsp3) is 0.192. The van der Waals surface area contributed by atoms with Crippen LogP contribution in [0.4, 0.5) is 0 Å². The smallest absolute Gasteiger partial charge is 0.266 e. The Kier molecular flexibility index (Phi) is 9.15. The highest BCUT2D eigenvalue weighted by Gasteiger charge is 2.31. The van der Waals surface area contributed by atoms with Crippen LogP contribution in [-0.4, -0.2) is 49.2 Å². The minimum Gasteiger partial charge on any atom is -0.333 e. The summed E-state index contributed by atoms with van der Waals surface area (Å²) in [5, 5.41) is 0.631. The topological polar surface area (TPSA) is 107 Å². The van der Waals surface area contributed by atoms with Crippen LogP contribution in [0.15, 0.2) is 76.3 Å². The van der Waals surface area contributed by atoms with Crippen molar-refractivity contribution >= 4 is 74.9 Å². The summed E-state index contributed by atoms with van der Waals surface area (Å²) in [6, 6.07) is 17.5. The van der Waals surface area contributed by atoms with Crippen molar-refractivity contribution in [1.82, 2.24) is 25.7 Å². The first kappa shape index (κ1) is 26.6. The molecule has 37 heavy (non-hydrogen) atoms. The zero-order valence-electron chi connectivity index (χ0n) is 20.0. The van der Waals surface area contributed by atoms with Crippen molar-refractivity contribution in [3.63, 3.8) is 0 Å². The SMILES string of the molecule is CC(/C=C1\SC(=S)N(CCCC(=O)NNC(=O)CSc2nc3ccccc3[nH]2)C1=O)=C\c1ccccc1. The monoisotopic (exact) mass is 551 g/mol. The number of hydrogen-bond donors (Lipinski definition) is 3. The number of hydrogen-bond acceptors (Lipinski definition) is 7. The van der Waals surface area contributed by atoms with Gasteiger partial charge < -0.3 is 4.98 Å². The third-order valence-corrected chi connectivity index (χ3v) is 7.51. The van der Waals surface area contributed by atoms with Crippen LogP contribution >= 0.6 is 35.7 Å². The third kappa shape index (κ3) is 7.54. The number of fused-ring (bicyclic) bond motifs is 1. The first-order chi connectivity index (χ1) is 17.9. The zero-order valence-corrected chi connectivity index (χ0v) is 22.5. The van der Waals surface area contributed by atoms with Crippen molar-refractivity contribution in [2.24, 2.45) is 0 Å². The average Bonchev–Trinajstić information content (AvgIpc) is 3.42. The number of aromatic amines is 1. The molecular formula is C26H25N5O3S3. The summed E-state index contributed by atoms with van der Waals surface area (Å²) in [6.45, 7) is 2.26. The highest BCUT2D eigenvalue weighted by Crippen LogP contribution is 2.32. The number of carbonyl (C=O) groups excluding carboxylic acids is 3. The number of benzene rings is 2. The predicted molar refractivity (Wildman–Crippen MR) is 152 cm³/mol. The highest BCUT2D eigenvalue weighted by molar-refractivity contribution is 8.26. The lowest BCUT2D eigenvalue weighted by Gasteiger charge is -2.14. The van der Waals surface area contributed by atoms with E-state index in [0.717, 1.165) is 22.2 Å². The van der Waals surface area contributed by atoms with Crippen LogP contribution in [0.5, 0.6) is 0 Å². The molecule has 8 nitrogen and oxygen atoms in total. The van der Waals surface area contributed by atoms with Crippen LogP contribution in [0.25, 0.3) is 17.1 Å². The van der Waals surface area contributed by atoms with E-state index in [2.05, 4.69) is 20.8 Å². The van der Waals surface area contributed by atoms with Gasteiger partial charge in [-0.2, -0.15) is 0 Å². The quantitative estimate of drug-likeness (QED) is 0.156. The van der Waals surface area contributed by atoms with E-state index in [9.17, 15) is 14.4 Å². The maximum atomic E-state index is 12.8. The summed E-state index contributed by atoms with van der Waals surface area (Å²) in [7, 11) is 0. The fourth-order valence-electron chi connectivity index (χ4n) is 3.52. The average molecular weight is 552 g/mol. The molecule has 1 aliphatic rings. The minimum atomic E-state index is -0.347. The van der Waals surface area contributed by atoms with Crippen molar-refractivity contribution in [2.75, 3.05) is 12.3 Å². The lowest BCUT2D eigenvalue weighted by molar-refractivity contribution is -0.128. The molecule has 1 aliphatic heterocycles. The molecule has 0 spiro atoms. The van der Waals surface area contributed by atoms with E-state index in [4.69, 9.17) is 12.2 Å². The van der Waals surface area contributed by atoms with Gasteiger partial charge in [-0.3, -0.25) is 30.1 Å². The molecule has 0 radical (unpaired) electrons. The number of aromatic nitrogens is 2. The zero-order chi connectivity index (χ0) is 26.2. The summed E-state index contributed by atoms with van der Waals surface area (Å²) in [5.74, 6) is -0.752. The summed E-state index contributed by atoms with van der Waals surface area (Å²) < 4.78 is 0.472. The second-order valence-corrected chi connectivity index (χ2v) is 10.8. The van der Waals surface area contributed by atoms with E-state index in [1.165, 1.54) is 28.4 Å². The van der Waals surface area contributed by atoms with Gasteiger partial charge in [0.15, 0.2) is 5.16 Å². The van der Waals surface area contributed by atoms with Crippen LogP contribution in [0.1, 0.15) is 25.3 Å². The van der Waals surface area contributed by atoms with E-state index >= 15 is 0 Å². The molecule has 3 aromatic rings. The van der Waals surface area contributed by atoms with E-state index in [1.54, 1.807) is 0 Å². The lowest BCUT2D eigenvalue weighted by atomic mass is 10.1. The van der Waals surface area contributed by atoms with E-state index in [1.807, 2.05) is 73.7 Å². The van der Waals surface area contributed by atoms with Gasteiger partial charge in [0.1, 0.15) is 4.32 Å². The summed E-state index contributed by atoms with van der Waals surface area (Å²) in [5.41, 5.74) is 8.54. The number of carbonyl (C=O) groups is 3. The van der Waals surface area contributed by atoms with Gasteiger partial charge >= 0.3 is 0 Å². The molecule has 0 aliphatic carbocycles. The van der Waals surface area contributed by atoms with Gasteiger partial charge in [-0.25, -0.2) is 4.98 Å². The van der Waals surface area contributed by atoms with E-state index in [0.29, 0.717) is 27.3 Å². The van der Waals surface area contributed by atoms with Crippen LogP contribution < -0.4 is 10.9 Å². The van der Waals surface area contributed by atoms with Gasteiger partial charge in [-0.1, -0.05) is 84.3 Å². The van der Waals surface area contributed by atoms with Crippen molar-refractivity contribution in [3.05, 3.63) is 76.7 Å². The summed E-state index contributed by atoms with van der Waals surface area (Å²) in [6.07, 6.45) is 4.38. The maximum absolute atomic E-state index is 12.8. The molecule has 3 N–H and O–H groups in total. The first-order valence-corrected chi connectivity index (χ1v) is 13.7. The van der Waals surface area contributed by atoms with E-state index < -0.39 is 0 Å². The second-order valence-electron chi connectivity index (χ2n) is 8.18. The maximum Gasteiger partial charge on any atom is 0.266 e. The number of nitrogens with one attached hydrogen (secondary N) is 3. The van der Waals surface area contributed by atoms with Gasteiger partial charge in [-0.15, -0.1) is 0 Å². The van der Waals surface area contributed by atoms with Crippen LogP contribution in [0, 0.1) is 0 Å². The molecule has 0 unspecified atom stereocenters. The number of H-pyrrole nitrogens is 1. The number of amides is 3. The Balaban J connectivity index is 1.17. The molecule has 190 valence electrons. The van der Waals surface area contributed by atoms with Crippen LogP contribution in [-0.2, 0) is 14.4 Å². The third-order valence-electron chi connectivity index (χ3n) is 5.26. The summed E-state index contributed by atoms with van der Waals surface area (Å²) in [4.78, 5) is 46.6. The largest absolute Gasteiger partial charge is 0.333 e. The molecule has 1 fully saturated rings. The first-order valence-electron chi connectivity index (χ1n) is 11.5. The van der Waals surface area contributed by atoms with Gasteiger partial charge in [0, 0.05) is 13.0 Å². The number of allylic oxidation sites excluding steroid dienone is 2. The van der Waals surface area contributed by atoms with Gasteiger partial charge in [0.25, 0.3) is 5.91 Å². The number of imidazole rings is 1. The fourth-order valence-corrected chi connectivity index (χ4v) is 5.56. The molecule has 0 atom stereocenters. The Hall–Kier alpha value is -3.41. The molecule has 1 saturated heterocycles. The lowest BCUT2D eigenvalue weighted by Crippen LogP contribution is -2.42. The number of thioether (sulfide) groups is 2. The number of nitrogens with zero attached hydrogens (tertiary/aromatic N) is 2. The normalized spacial score (nSPS) is 15.0. The Morgan fingerprint density at radius 2 is 1.84 bits per heavy atom. The van der Waals surface area contributed by atoms with E-state index in [-0.39, 0.29) is 29.9 Å². The Labute approximate surface area is 228 Å². The Morgan fingerprint density at radius 1 is 1.11 bits per heavy atom. The van der Waals surface area contributed by atoms with Gasteiger partial charge in [0.05, 0.1) is 21.7 Å². The molecule has 3 amide bonds. The minimum absolute atomic E-state index is 0.0983. The Bertz CT molecular complexity index is 1350. The number of para-hydroxylation sites is 2. The number of rotatable bonds is 9. The molecule has 2 heterocycles. The summed E-state index contributed by atoms with van der Waals surface area (Å²) >= 11 is 7.88. The molecule has 0 bridgehead atoms. The predicted octanol–water partition coefficient (Wildman–Crippen LogP) is 4.43. The highest BCUT2D eigenvalue weighted by atomic mass is 32.2. The molecule has 11 heteroatoms. The molecular weight excluding hydrogens is 527 g/mol. The standard InChI is InChI=1S/C26H25N5O3S3/c1-17(14-18-8-3-2-4-9-18)15-21-24(34)31(26(35)37-21)13-7-12-22(32)29-30-23(33)16-36-25-27-19-10-5-6-11-20(19)28-25/h2-6,8-11,14-15H,7,12-13,16H2,1H3,(H,27,28)(H,29,32)(H,30,33)/b17-14+,21-15-. The van der Waals surface area contributed by atoms with Crippen molar-refractivity contribution in [3.8, 4) is 0 Å². The molecule has 2 aromatic carbocycles. The molecule has 0 saturated carbocycles. The number of hydrazine groups is 1. The van der Waals surface area contributed by atoms with Crippen LogP contribution in [0.2, 0.25) is 0 Å². The Morgan fingerprint density at radius 3 is 2.62 bits per heavy atom. The van der Waals surface area contributed by atoms with Gasteiger partial charge in [-0.05, 0) is 42.7 Å². The van der Waals surface area contributed by atoms with Crippen LogP contribution in [0.3, 0.4) is 0 Å².